The first-order chi connectivity index (χ1) is 11.2. The van der Waals surface area contributed by atoms with Crippen molar-refractivity contribution in [2.24, 2.45) is 11.8 Å². The van der Waals surface area contributed by atoms with Crippen LogP contribution in [0.4, 0.5) is 0 Å². The number of ketones is 1. The first-order valence-corrected chi connectivity index (χ1v) is 8.85. The average Bonchev–Trinajstić information content (AvgIpc) is 3.47. The van der Waals surface area contributed by atoms with Gasteiger partial charge in [-0.2, -0.15) is 0 Å². The first kappa shape index (κ1) is 14.6. The molecule has 2 aliphatic carbocycles. The van der Waals surface area contributed by atoms with Crippen LogP contribution in [-0.4, -0.2) is 23.3 Å². The number of hydrogen-bond acceptors (Lipinski definition) is 5. The zero-order valence-electron chi connectivity index (χ0n) is 12.7. The Hall–Kier alpha value is -2.01. The Morgan fingerprint density at radius 2 is 2.13 bits per heavy atom. The maximum Gasteiger partial charge on any atom is 0.341 e. The van der Waals surface area contributed by atoms with Crippen molar-refractivity contribution in [3.05, 3.63) is 34.8 Å². The number of hydrogen-bond donors (Lipinski definition) is 0. The molecule has 0 N–H and O–H groups in total. The van der Waals surface area contributed by atoms with Crippen LogP contribution >= 0.6 is 11.3 Å². The number of Topliss-reactive ketones (excluding diaryl/α,β-unsaturated/α-hetero) is 1. The quantitative estimate of drug-likeness (QED) is 0.352. The van der Waals surface area contributed by atoms with E-state index in [1.807, 2.05) is 17.5 Å². The maximum absolute atomic E-state index is 12.5. The third-order valence-electron chi connectivity index (χ3n) is 4.26. The predicted molar refractivity (Wildman–Crippen MR) is 89.0 cm³/mol. The Labute approximate surface area is 138 Å². The van der Waals surface area contributed by atoms with E-state index in [0.29, 0.717) is 12.5 Å². The second-order valence-corrected chi connectivity index (χ2v) is 7.14. The van der Waals surface area contributed by atoms with Gasteiger partial charge in [0.05, 0.1) is 6.61 Å². The van der Waals surface area contributed by atoms with Crippen LogP contribution in [-0.2, 0) is 14.3 Å². The summed E-state index contributed by atoms with van der Waals surface area (Å²) in [5.74, 6) is -0.0637. The number of ether oxygens (including phenoxy) is 1. The van der Waals surface area contributed by atoms with Crippen LogP contribution in [0.5, 0.6) is 0 Å². The van der Waals surface area contributed by atoms with Crippen LogP contribution in [0.2, 0.25) is 0 Å². The molecule has 4 nitrogen and oxygen atoms in total. The smallest absolute Gasteiger partial charge is 0.341 e. The van der Waals surface area contributed by atoms with Crippen LogP contribution < -0.4 is 0 Å². The number of carbonyl (C=O) groups excluding carboxylic acids is 2. The largest absolute Gasteiger partial charge is 0.462 e. The molecule has 2 aromatic rings. The van der Waals surface area contributed by atoms with E-state index in [0.717, 1.165) is 41.5 Å². The molecule has 0 aromatic carbocycles. The number of nitrogens with zero attached hydrogens (tertiary/aromatic N) is 1. The molecule has 0 radical (unpaired) electrons. The van der Waals surface area contributed by atoms with Gasteiger partial charge in [0.2, 0.25) is 0 Å². The molecule has 4 rings (SSSR count). The Bertz CT molecular complexity index is 799. The van der Waals surface area contributed by atoms with E-state index in [2.05, 4.69) is 4.98 Å². The van der Waals surface area contributed by atoms with Crippen molar-refractivity contribution >= 4 is 39.4 Å². The summed E-state index contributed by atoms with van der Waals surface area (Å²) in [7, 11) is 0. The van der Waals surface area contributed by atoms with Crippen molar-refractivity contribution in [3.63, 3.8) is 0 Å². The third-order valence-corrected chi connectivity index (χ3v) is 5.18. The fourth-order valence-electron chi connectivity index (χ4n) is 2.51. The van der Waals surface area contributed by atoms with Gasteiger partial charge in [0.1, 0.15) is 10.4 Å². The highest BCUT2D eigenvalue weighted by molar-refractivity contribution is 7.17. The zero-order chi connectivity index (χ0) is 15.8. The molecule has 2 heterocycles. The summed E-state index contributed by atoms with van der Waals surface area (Å²) in [5.41, 5.74) is 1.06. The van der Waals surface area contributed by atoms with Gasteiger partial charge < -0.3 is 4.74 Å². The average molecular weight is 327 g/mol. The SMILES string of the molecule is O=C(OCC1CC1)/C(=C\c1csc2ncccc12)C(=O)C1CC1. The van der Waals surface area contributed by atoms with Crippen LogP contribution in [0.25, 0.3) is 16.3 Å². The Balaban J connectivity index is 1.65. The summed E-state index contributed by atoms with van der Waals surface area (Å²) in [6, 6.07) is 3.82. The minimum atomic E-state index is -0.475. The Morgan fingerprint density at radius 1 is 1.30 bits per heavy atom. The standard InChI is InChI=1S/C18H17NO3S/c20-16(12-5-6-12)15(18(21)22-9-11-3-4-11)8-13-10-23-17-14(13)2-1-7-19-17/h1-2,7-8,10-12H,3-6,9H2/b15-8-. The van der Waals surface area contributed by atoms with Crippen LogP contribution in [0.15, 0.2) is 29.3 Å². The molecule has 0 atom stereocenters. The van der Waals surface area contributed by atoms with Gasteiger partial charge in [-0.05, 0) is 55.4 Å². The molecule has 0 amide bonds. The highest BCUT2D eigenvalue weighted by Crippen LogP contribution is 2.35. The second-order valence-electron chi connectivity index (χ2n) is 6.29. The van der Waals surface area contributed by atoms with Crippen LogP contribution in [0, 0.1) is 11.8 Å². The molecular formula is C18H17NO3S. The lowest BCUT2D eigenvalue weighted by molar-refractivity contribution is -0.141. The van der Waals surface area contributed by atoms with E-state index in [-0.39, 0.29) is 17.3 Å². The van der Waals surface area contributed by atoms with Crippen molar-refractivity contribution in [3.8, 4) is 0 Å². The van der Waals surface area contributed by atoms with Gasteiger partial charge in [-0.25, -0.2) is 9.78 Å². The molecule has 118 valence electrons. The Morgan fingerprint density at radius 3 is 2.87 bits per heavy atom. The van der Waals surface area contributed by atoms with Gasteiger partial charge in [-0.1, -0.05) is 0 Å². The first-order valence-electron chi connectivity index (χ1n) is 7.97. The second kappa shape index (κ2) is 5.89. The van der Waals surface area contributed by atoms with Crippen LogP contribution in [0.1, 0.15) is 31.2 Å². The summed E-state index contributed by atoms with van der Waals surface area (Å²) in [5, 5.41) is 2.90. The number of esters is 1. The van der Waals surface area contributed by atoms with E-state index >= 15 is 0 Å². The predicted octanol–water partition coefficient (Wildman–Crippen LogP) is 3.61. The zero-order valence-corrected chi connectivity index (χ0v) is 13.5. The normalized spacial score (nSPS) is 18.2. The molecule has 2 aliphatic rings. The molecule has 5 heteroatoms. The lowest BCUT2D eigenvalue weighted by Gasteiger charge is -2.07. The number of fused-ring (bicyclic) bond motifs is 1. The molecule has 0 saturated heterocycles. The monoisotopic (exact) mass is 327 g/mol. The molecule has 0 spiro atoms. The summed E-state index contributed by atoms with van der Waals surface area (Å²) in [6.07, 6.45) is 7.41. The Kier molecular flexibility index (Phi) is 3.73. The third kappa shape index (κ3) is 3.20. The van der Waals surface area contributed by atoms with Gasteiger partial charge in [-0.15, -0.1) is 11.3 Å². The maximum atomic E-state index is 12.5. The molecule has 0 unspecified atom stereocenters. The number of carbonyl (C=O) groups is 2. The van der Waals surface area contributed by atoms with Gasteiger partial charge in [0.25, 0.3) is 0 Å². The highest BCUT2D eigenvalue weighted by atomic mass is 32.1. The number of rotatable bonds is 6. The topological polar surface area (TPSA) is 56.3 Å². The van der Waals surface area contributed by atoms with E-state index in [1.54, 1.807) is 12.3 Å². The van der Waals surface area contributed by atoms with E-state index in [9.17, 15) is 9.59 Å². The van der Waals surface area contributed by atoms with Crippen molar-refractivity contribution in [2.45, 2.75) is 25.7 Å². The number of aromatic nitrogens is 1. The molecule has 2 aromatic heterocycles. The molecule has 2 saturated carbocycles. The summed E-state index contributed by atoms with van der Waals surface area (Å²) < 4.78 is 5.35. The summed E-state index contributed by atoms with van der Waals surface area (Å²) in [6.45, 7) is 0.431. The van der Waals surface area contributed by atoms with E-state index in [1.165, 1.54) is 11.3 Å². The fraction of sp³-hybridized carbons (Fsp3) is 0.389. The van der Waals surface area contributed by atoms with Gasteiger partial charge in [-0.3, -0.25) is 4.79 Å². The van der Waals surface area contributed by atoms with Crippen molar-refractivity contribution < 1.29 is 14.3 Å². The van der Waals surface area contributed by atoms with Gasteiger partial charge >= 0.3 is 5.97 Å². The van der Waals surface area contributed by atoms with Gasteiger partial charge in [0.15, 0.2) is 5.78 Å². The molecule has 2 fully saturated rings. The summed E-state index contributed by atoms with van der Waals surface area (Å²) >= 11 is 1.51. The fourth-order valence-corrected chi connectivity index (χ4v) is 3.37. The van der Waals surface area contributed by atoms with Crippen molar-refractivity contribution in [1.82, 2.24) is 4.98 Å². The molecular weight excluding hydrogens is 310 g/mol. The molecule has 0 aliphatic heterocycles. The lowest BCUT2D eigenvalue weighted by atomic mass is 10.0. The minimum absolute atomic E-state index is 0.00208. The van der Waals surface area contributed by atoms with E-state index in [4.69, 9.17) is 4.74 Å². The van der Waals surface area contributed by atoms with Gasteiger partial charge in [0, 0.05) is 22.9 Å². The minimum Gasteiger partial charge on any atom is -0.462 e. The van der Waals surface area contributed by atoms with E-state index < -0.39 is 5.97 Å². The molecule has 0 bridgehead atoms. The highest BCUT2D eigenvalue weighted by Gasteiger charge is 2.35. The number of pyridine rings is 1. The summed E-state index contributed by atoms with van der Waals surface area (Å²) in [4.78, 5) is 30.1. The van der Waals surface area contributed by atoms with Crippen molar-refractivity contribution in [2.75, 3.05) is 6.61 Å². The number of thiophene rings is 1. The lowest BCUT2D eigenvalue weighted by Crippen LogP contribution is -2.18. The molecule has 23 heavy (non-hydrogen) atoms. The van der Waals surface area contributed by atoms with Crippen LogP contribution in [0.3, 0.4) is 0 Å². The van der Waals surface area contributed by atoms with Crippen molar-refractivity contribution in [1.29, 1.82) is 0 Å².